The second kappa shape index (κ2) is 5.75. The number of halogens is 2. The van der Waals surface area contributed by atoms with Crippen LogP contribution in [-0.2, 0) is 0 Å². The van der Waals surface area contributed by atoms with E-state index in [-0.39, 0.29) is 6.04 Å². The molecule has 1 unspecified atom stereocenters. The monoisotopic (exact) mass is 282 g/mol. The molecule has 2 aromatic rings. The van der Waals surface area contributed by atoms with Gasteiger partial charge in [0, 0.05) is 10.4 Å². The summed E-state index contributed by atoms with van der Waals surface area (Å²) in [7, 11) is 0. The Bertz CT molecular complexity index is 581. The maximum atomic E-state index is 14.1. The van der Waals surface area contributed by atoms with Crippen molar-refractivity contribution in [2.75, 3.05) is 6.54 Å². The van der Waals surface area contributed by atoms with Crippen LogP contribution in [0.1, 0.15) is 34.7 Å². The van der Waals surface area contributed by atoms with Crippen LogP contribution in [0.4, 0.5) is 8.78 Å². The van der Waals surface area contributed by atoms with Crippen LogP contribution in [0, 0.1) is 25.5 Å². The summed E-state index contributed by atoms with van der Waals surface area (Å²) < 4.78 is 27.8. The Labute approximate surface area is 115 Å². The Kier molecular flexibility index (Phi) is 4.27. The lowest BCUT2D eigenvalue weighted by molar-refractivity contribution is 0.479. The Morgan fingerprint density at radius 2 is 2.00 bits per heavy atom. The largest absolute Gasteiger partial charge is 0.306 e. The zero-order valence-electron chi connectivity index (χ0n) is 11.1. The SMILES string of the molecule is CCNC(c1ccc(C)c(F)c1F)c1scnc1C. The molecule has 0 aliphatic heterocycles. The van der Waals surface area contributed by atoms with Gasteiger partial charge in [0.1, 0.15) is 0 Å². The lowest BCUT2D eigenvalue weighted by Crippen LogP contribution is -2.23. The summed E-state index contributed by atoms with van der Waals surface area (Å²) in [5.74, 6) is -1.55. The summed E-state index contributed by atoms with van der Waals surface area (Å²) in [6.07, 6.45) is 0. The van der Waals surface area contributed by atoms with E-state index in [0.717, 1.165) is 10.6 Å². The molecule has 0 amide bonds. The number of aromatic nitrogens is 1. The Morgan fingerprint density at radius 3 is 2.58 bits per heavy atom. The van der Waals surface area contributed by atoms with Gasteiger partial charge in [0.05, 0.1) is 17.2 Å². The van der Waals surface area contributed by atoms with E-state index in [0.29, 0.717) is 17.7 Å². The lowest BCUT2D eigenvalue weighted by atomic mass is 10.0. The Balaban J connectivity index is 2.52. The maximum absolute atomic E-state index is 14.1. The van der Waals surface area contributed by atoms with Gasteiger partial charge in [0.2, 0.25) is 0 Å². The van der Waals surface area contributed by atoms with Gasteiger partial charge in [0.25, 0.3) is 0 Å². The summed E-state index contributed by atoms with van der Waals surface area (Å²) in [5, 5.41) is 3.19. The number of aryl methyl sites for hydroxylation is 2. The van der Waals surface area contributed by atoms with Gasteiger partial charge < -0.3 is 5.32 Å². The molecule has 0 spiro atoms. The van der Waals surface area contributed by atoms with E-state index in [9.17, 15) is 8.78 Å². The average Bonchev–Trinajstić information content (AvgIpc) is 2.80. The van der Waals surface area contributed by atoms with Gasteiger partial charge in [-0.15, -0.1) is 11.3 Å². The first-order chi connectivity index (χ1) is 9.06. The highest BCUT2D eigenvalue weighted by Crippen LogP contribution is 2.31. The predicted octanol–water partition coefficient (Wildman–Crippen LogP) is 3.74. The molecule has 2 rings (SSSR count). The molecule has 5 heteroatoms. The molecule has 0 fully saturated rings. The molecule has 0 bridgehead atoms. The van der Waals surface area contributed by atoms with Crippen molar-refractivity contribution in [2.45, 2.75) is 26.8 Å². The molecular weight excluding hydrogens is 266 g/mol. The standard InChI is InChI=1S/C14H16F2N2S/c1-4-17-13(14-9(3)18-7-19-14)10-6-5-8(2)11(15)12(10)16/h5-7,13,17H,4H2,1-3H3. The van der Waals surface area contributed by atoms with E-state index >= 15 is 0 Å². The van der Waals surface area contributed by atoms with Crippen molar-refractivity contribution in [2.24, 2.45) is 0 Å². The number of hydrogen-bond donors (Lipinski definition) is 1. The second-order valence-electron chi connectivity index (χ2n) is 4.39. The van der Waals surface area contributed by atoms with Crippen molar-refractivity contribution in [1.82, 2.24) is 10.3 Å². The molecule has 0 radical (unpaired) electrons. The molecule has 2 nitrogen and oxygen atoms in total. The minimum atomic E-state index is -0.779. The molecule has 1 heterocycles. The Morgan fingerprint density at radius 1 is 1.26 bits per heavy atom. The van der Waals surface area contributed by atoms with Crippen LogP contribution in [-0.4, -0.2) is 11.5 Å². The molecular formula is C14H16F2N2S. The third-order valence-corrected chi connectivity index (χ3v) is 4.07. The summed E-state index contributed by atoms with van der Waals surface area (Å²) in [6.45, 7) is 6.03. The third-order valence-electron chi connectivity index (χ3n) is 3.07. The van der Waals surface area contributed by atoms with E-state index in [4.69, 9.17) is 0 Å². The fourth-order valence-electron chi connectivity index (χ4n) is 2.02. The highest BCUT2D eigenvalue weighted by Gasteiger charge is 2.23. The summed E-state index contributed by atoms with van der Waals surface area (Å²) in [4.78, 5) is 5.10. The average molecular weight is 282 g/mol. The normalized spacial score (nSPS) is 12.7. The summed E-state index contributed by atoms with van der Waals surface area (Å²) in [5.41, 5.74) is 3.21. The number of thiazole rings is 1. The zero-order chi connectivity index (χ0) is 14.0. The highest BCUT2D eigenvalue weighted by atomic mass is 32.1. The van der Waals surface area contributed by atoms with Crippen LogP contribution in [0.3, 0.4) is 0 Å². The van der Waals surface area contributed by atoms with Gasteiger partial charge in [-0.1, -0.05) is 19.1 Å². The molecule has 1 N–H and O–H groups in total. The van der Waals surface area contributed by atoms with Gasteiger partial charge in [-0.3, -0.25) is 0 Å². The van der Waals surface area contributed by atoms with E-state index in [1.54, 1.807) is 24.6 Å². The minimum Gasteiger partial charge on any atom is -0.306 e. The first-order valence-electron chi connectivity index (χ1n) is 6.14. The third kappa shape index (κ3) is 2.67. The van der Waals surface area contributed by atoms with Crippen molar-refractivity contribution >= 4 is 11.3 Å². The minimum absolute atomic E-state index is 0.317. The molecule has 0 saturated heterocycles. The van der Waals surface area contributed by atoms with Crippen molar-refractivity contribution < 1.29 is 8.78 Å². The van der Waals surface area contributed by atoms with Crippen molar-refractivity contribution in [3.63, 3.8) is 0 Å². The fraction of sp³-hybridized carbons (Fsp3) is 0.357. The molecule has 102 valence electrons. The van der Waals surface area contributed by atoms with Gasteiger partial charge in [0.15, 0.2) is 11.6 Å². The highest BCUT2D eigenvalue weighted by molar-refractivity contribution is 7.09. The Hall–Kier alpha value is -1.33. The van der Waals surface area contributed by atoms with E-state index in [2.05, 4.69) is 10.3 Å². The first-order valence-corrected chi connectivity index (χ1v) is 7.02. The molecule has 1 atom stereocenters. The fourth-order valence-corrected chi connectivity index (χ4v) is 2.91. The van der Waals surface area contributed by atoms with Gasteiger partial charge in [-0.05, 0) is 26.0 Å². The van der Waals surface area contributed by atoms with Crippen molar-refractivity contribution in [3.8, 4) is 0 Å². The first kappa shape index (κ1) is 14.1. The number of nitrogens with one attached hydrogen (secondary N) is 1. The molecule has 0 aliphatic carbocycles. The van der Waals surface area contributed by atoms with Gasteiger partial charge in [-0.25, -0.2) is 13.8 Å². The van der Waals surface area contributed by atoms with Crippen LogP contribution in [0.2, 0.25) is 0 Å². The maximum Gasteiger partial charge on any atom is 0.164 e. The number of benzene rings is 1. The topological polar surface area (TPSA) is 24.9 Å². The van der Waals surface area contributed by atoms with Crippen LogP contribution >= 0.6 is 11.3 Å². The second-order valence-corrected chi connectivity index (χ2v) is 5.28. The molecule has 0 saturated carbocycles. The summed E-state index contributed by atoms with van der Waals surface area (Å²) >= 11 is 1.45. The lowest BCUT2D eigenvalue weighted by Gasteiger charge is -2.19. The van der Waals surface area contributed by atoms with Crippen LogP contribution < -0.4 is 5.32 Å². The van der Waals surface area contributed by atoms with Gasteiger partial charge in [-0.2, -0.15) is 0 Å². The molecule has 1 aromatic carbocycles. The van der Waals surface area contributed by atoms with Crippen molar-refractivity contribution in [3.05, 3.63) is 51.0 Å². The molecule has 19 heavy (non-hydrogen) atoms. The van der Waals surface area contributed by atoms with E-state index in [1.807, 2.05) is 13.8 Å². The van der Waals surface area contributed by atoms with E-state index < -0.39 is 11.6 Å². The smallest absolute Gasteiger partial charge is 0.164 e. The number of rotatable bonds is 4. The van der Waals surface area contributed by atoms with E-state index in [1.165, 1.54) is 11.3 Å². The zero-order valence-corrected chi connectivity index (χ0v) is 11.9. The summed E-state index contributed by atoms with van der Waals surface area (Å²) in [6, 6.07) is 2.89. The molecule has 1 aromatic heterocycles. The quantitative estimate of drug-likeness (QED) is 0.924. The van der Waals surface area contributed by atoms with Crippen LogP contribution in [0.5, 0.6) is 0 Å². The van der Waals surface area contributed by atoms with Crippen LogP contribution in [0.25, 0.3) is 0 Å². The number of hydrogen-bond acceptors (Lipinski definition) is 3. The molecule has 0 aliphatic rings. The number of nitrogens with zero attached hydrogens (tertiary/aromatic N) is 1. The van der Waals surface area contributed by atoms with Gasteiger partial charge >= 0.3 is 0 Å². The predicted molar refractivity (Wildman–Crippen MR) is 73.5 cm³/mol. The van der Waals surface area contributed by atoms with Crippen molar-refractivity contribution in [1.29, 1.82) is 0 Å². The van der Waals surface area contributed by atoms with Crippen LogP contribution in [0.15, 0.2) is 17.6 Å².